The van der Waals surface area contributed by atoms with Gasteiger partial charge in [-0.05, 0) is 44.9 Å². The van der Waals surface area contributed by atoms with E-state index in [4.69, 9.17) is 0 Å². The molecule has 3 unspecified atom stereocenters. The number of rotatable bonds is 50. The number of amides is 1. The Balaban J connectivity index is 3.54. The van der Waals surface area contributed by atoms with Crippen LogP contribution < -0.4 is 5.32 Å². The van der Waals surface area contributed by atoms with E-state index in [1.807, 2.05) is 0 Å². The van der Waals surface area contributed by atoms with Crippen molar-refractivity contribution in [3.8, 4) is 0 Å². The van der Waals surface area contributed by atoms with Gasteiger partial charge in [-0.15, -0.1) is 0 Å². The Morgan fingerprint density at radius 1 is 0.417 bits per heavy atom. The van der Waals surface area contributed by atoms with E-state index in [1.165, 1.54) is 231 Å². The van der Waals surface area contributed by atoms with Gasteiger partial charge in [-0.25, -0.2) is 0 Å². The fourth-order valence-corrected chi connectivity index (χ4v) is 8.61. The van der Waals surface area contributed by atoms with Crippen LogP contribution >= 0.6 is 0 Å². The minimum absolute atomic E-state index is 0.0372. The van der Waals surface area contributed by atoms with Crippen LogP contribution in [0.25, 0.3) is 0 Å². The number of carbonyl (C=O) groups excluding carboxylic acids is 1. The van der Waals surface area contributed by atoms with Crippen LogP contribution in [0.4, 0.5) is 0 Å². The number of hydrogen-bond donors (Lipinski definition) is 4. The molecule has 0 heterocycles. The number of aliphatic hydroxyl groups is 3. The first kappa shape index (κ1) is 58.8. The van der Waals surface area contributed by atoms with E-state index in [1.54, 1.807) is 0 Å². The summed E-state index contributed by atoms with van der Waals surface area (Å²) in [5.74, 6) is -0.280. The van der Waals surface area contributed by atoms with Gasteiger partial charge in [0.2, 0.25) is 5.91 Å². The summed E-state index contributed by atoms with van der Waals surface area (Å²) in [5.41, 5.74) is 0. The van der Waals surface area contributed by atoms with E-state index in [-0.39, 0.29) is 18.9 Å². The van der Waals surface area contributed by atoms with Crippen molar-refractivity contribution in [1.82, 2.24) is 5.32 Å². The van der Waals surface area contributed by atoms with Gasteiger partial charge >= 0.3 is 0 Å². The topological polar surface area (TPSA) is 89.8 Å². The molecule has 0 aromatic carbocycles. The quantitative estimate of drug-likeness (QED) is 0.0363. The van der Waals surface area contributed by atoms with Crippen molar-refractivity contribution in [3.63, 3.8) is 0 Å². The highest BCUT2D eigenvalue weighted by atomic mass is 16.3. The molecule has 0 aromatic heterocycles. The maximum absolute atomic E-state index is 12.5. The van der Waals surface area contributed by atoms with Crippen molar-refractivity contribution < 1.29 is 20.1 Å². The van der Waals surface area contributed by atoms with Crippen LogP contribution in [0, 0.1) is 0 Å². The van der Waals surface area contributed by atoms with Crippen LogP contribution in [-0.4, -0.2) is 46.1 Å². The molecule has 0 aliphatic carbocycles. The highest BCUT2D eigenvalue weighted by molar-refractivity contribution is 5.76. The third-order valence-electron chi connectivity index (χ3n) is 12.8. The lowest BCUT2D eigenvalue weighted by atomic mass is 10.0. The van der Waals surface area contributed by atoms with Crippen molar-refractivity contribution in [2.45, 2.75) is 315 Å². The Hall–Kier alpha value is -1.17. The monoisotopic (exact) mass is 846 g/mol. The molecule has 0 radical (unpaired) electrons. The lowest BCUT2D eigenvalue weighted by molar-refractivity contribution is -0.125. The number of hydrogen-bond acceptors (Lipinski definition) is 4. The predicted molar refractivity (Wildman–Crippen MR) is 264 cm³/mol. The van der Waals surface area contributed by atoms with Gasteiger partial charge < -0.3 is 20.6 Å². The van der Waals surface area contributed by atoms with E-state index in [9.17, 15) is 20.1 Å². The normalized spacial score (nSPS) is 13.5. The molecule has 0 saturated heterocycles. The maximum atomic E-state index is 12.5. The van der Waals surface area contributed by atoms with Gasteiger partial charge in [0.25, 0.3) is 0 Å². The van der Waals surface area contributed by atoms with E-state index < -0.39 is 18.2 Å². The van der Waals surface area contributed by atoms with Gasteiger partial charge in [-0.1, -0.05) is 269 Å². The zero-order valence-electron chi connectivity index (χ0n) is 40.6. The number of aliphatic hydroxyl groups excluding tert-OH is 3. The van der Waals surface area contributed by atoms with Gasteiger partial charge in [-0.2, -0.15) is 0 Å². The van der Waals surface area contributed by atoms with Gasteiger partial charge in [-0.3, -0.25) is 4.79 Å². The van der Waals surface area contributed by atoms with Gasteiger partial charge in [0.05, 0.1) is 31.3 Å². The average molecular weight is 846 g/mol. The molecule has 0 spiro atoms. The van der Waals surface area contributed by atoms with E-state index in [0.717, 1.165) is 32.1 Å². The minimum Gasteiger partial charge on any atom is -0.394 e. The second kappa shape index (κ2) is 50.5. The first-order valence-electron chi connectivity index (χ1n) is 27.1. The standard InChI is InChI=1S/C55H107NO4/c1-3-5-7-9-11-13-15-17-19-21-23-24-25-26-27-28-29-30-31-32-34-36-38-40-42-44-46-48-52(58)50-55(60)56-53(51-57)54(59)49-47-45-43-41-39-37-35-33-22-20-18-16-14-12-10-8-6-4-2/h23-24,26-27,52-54,57-59H,3-22,25,28-51H2,1-2H3,(H,56,60)/b24-23-,27-26-. The highest BCUT2D eigenvalue weighted by Crippen LogP contribution is 2.17. The largest absolute Gasteiger partial charge is 0.394 e. The average Bonchev–Trinajstić information content (AvgIpc) is 3.24. The Bertz CT molecular complexity index is 890. The first-order valence-corrected chi connectivity index (χ1v) is 27.1. The Morgan fingerprint density at radius 3 is 1.05 bits per heavy atom. The molecule has 5 heteroatoms. The molecule has 0 aliphatic heterocycles. The second-order valence-corrected chi connectivity index (χ2v) is 18.8. The Kier molecular flexibility index (Phi) is 49.5. The van der Waals surface area contributed by atoms with Crippen LogP contribution in [0.5, 0.6) is 0 Å². The number of carbonyl (C=O) groups is 1. The molecule has 0 fully saturated rings. The third kappa shape index (κ3) is 46.3. The lowest BCUT2D eigenvalue weighted by Crippen LogP contribution is -2.46. The molecule has 0 aliphatic rings. The predicted octanol–water partition coefficient (Wildman–Crippen LogP) is 16.5. The molecule has 0 bridgehead atoms. The molecule has 3 atom stereocenters. The van der Waals surface area contributed by atoms with E-state index in [2.05, 4.69) is 43.5 Å². The summed E-state index contributed by atoms with van der Waals surface area (Å²) < 4.78 is 0. The van der Waals surface area contributed by atoms with Crippen LogP contribution in [-0.2, 0) is 4.79 Å². The number of nitrogens with one attached hydrogen (secondary N) is 1. The second-order valence-electron chi connectivity index (χ2n) is 18.8. The van der Waals surface area contributed by atoms with E-state index in [0.29, 0.717) is 12.8 Å². The fourth-order valence-electron chi connectivity index (χ4n) is 8.61. The number of unbranched alkanes of at least 4 members (excludes halogenated alkanes) is 37. The van der Waals surface area contributed by atoms with Crippen LogP contribution in [0.3, 0.4) is 0 Å². The molecule has 60 heavy (non-hydrogen) atoms. The minimum atomic E-state index is -0.749. The third-order valence-corrected chi connectivity index (χ3v) is 12.8. The summed E-state index contributed by atoms with van der Waals surface area (Å²) in [7, 11) is 0. The lowest BCUT2D eigenvalue weighted by Gasteiger charge is -2.23. The Labute approximate surface area is 375 Å². The van der Waals surface area contributed by atoms with Crippen molar-refractivity contribution in [2.75, 3.05) is 6.61 Å². The summed E-state index contributed by atoms with van der Waals surface area (Å²) >= 11 is 0. The van der Waals surface area contributed by atoms with Crippen LogP contribution in [0.1, 0.15) is 296 Å². The molecule has 4 N–H and O–H groups in total. The summed E-state index contributed by atoms with van der Waals surface area (Å²) in [4.78, 5) is 12.5. The summed E-state index contributed by atoms with van der Waals surface area (Å²) in [5, 5.41) is 33.6. The fraction of sp³-hybridized carbons (Fsp3) is 0.909. The zero-order valence-corrected chi connectivity index (χ0v) is 40.6. The summed E-state index contributed by atoms with van der Waals surface area (Å²) in [6.45, 7) is 4.29. The smallest absolute Gasteiger partial charge is 0.222 e. The molecular formula is C55H107NO4. The molecule has 0 aromatic rings. The van der Waals surface area contributed by atoms with E-state index >= 15 is 0 Å². The molecule has 356 valence electrons. The maximum Gasteiger partial charge on any atom is 0.222 e. The van der Waals surface area contributed by atoms with Crippen molar-refractivity contribution in [1.29, 1.82) is 0 Å². The van der Waals surface area contributed by atoms with Crippen molar-refractivity contribution >= 4 is 5.91 Å². The highest BCUT2D eigenvalue weighted by Gasteiger charge is 2.21. The Morgan fingerprint density at radius 2 is 0.717 bits per heavy atom. The van der Waals surface area contributed by atoms with Crippen molar-refractivity contribution in [3.05, 3.63) is 24.3 Å². The molecule has 0 saturated carbocycles. The van der Waals surface area contributed by atoms with Crippen LogP contribution in [0.15, 0.2) is 24.3 Å². The summed E-state index contributed by atoms with van der Waals surface area (Å²) in [6.07, 6.45) is 63.2. The molecular weight excluding hydrogens is 739 g/mol. The zero-order chi connectivity index (χ0) is 43.7. The van der Waals surface area contributed by atoms with Gasteiger partial charge in [0.1, 0.15) is 0 Å². The number of allylic oxidation sites excluding steroid dienone is 4. The van der Waals surface area contributed by atoms with Gasteiger partial charge in [0, 0.05) is 0 Å². The SMILES string of the molecule is CCCCCCCCCCC/C=C\C/C=C\CCCCCCCCCCCCCC(O)CC(=O)NC(CO)C(O)CCCCCCCCCCCCCCCCCCCC. The van der Waals surface area contributed by atoms with Crippen LogP contribution in [0.2, 0.25) is 0 Å². The molecule has 0 rings (SSSR count). The van der Waals surface area contributed by atoms with Gasteiger partial charge in [0.15, 0.2) is 0 Å². The first-order chi connectivity index (χ1) is 29.5. The van der Waals surface area contributed by atoms with Crippen molar-refractivity contribution in [2.24, 2.45) is 0 Å². The summed E-state index contributed by atoms with van der Waals surface area (Å²) in [6, 6.07) is -0.658. The molecule has 5 nitrogen and oxygen atoms in total. The molecule has 1 amide bonds.